The molecule has 0 aromatic carbocycles. The van der Waals surface area contributed by atoms with Gasteiger partial charge in [-0.3, -0.25) is 0 Å². The van der Waals surface area contributed by atoms with Crippen LogP contribution in [0.15, 0.2) is 12.3 Å². The molecule has 0 amide bonds. The molecule has 2 unspecified atom stereocenters. The van der Waals surface area contributed by atoms with Crippen molar-refractivity contribution in [3.05, 3.63) is 23.9 Å². The Bertz CT molecular complexity index is 354. The van der Waals surface area contributed by atoms with Gasteiger partial charge in [0.05, 0.1) is 6.20 Å². The van der Waals surface area contributed by atoms with E-state index in [4.69, 9.17) is 0 Å². The van der Waals surface area contributed by atoms with Crippen molar-refractivity contribution in [3.63, 3.8) is 0 Å². The zero-order valence-electron chi connectivity index (χ0n) is 8.63. The van der Waals surface area contributed by atoms with Crippen molar-refractivity contribution in [2.45, 2.75) is 32.2 Å². The third kappa shape index (κ3) is 2.25. The molecule has 2 rings (SSSR count). The molecule has 1 N–H and O–H groups in total. The Labute approximate surface area is 87.7 Å². The fraction of sp³-hybridized carbons (Fsp3) is 0.545. The van der Waals surface area contributed by atoms with Crippen LogP contribution < -0.4 is 5.32 Å². The van der Waals surface area contributed by atoms with E-state index in [2.05, 4.69) is 17.2 Å². The predicted molar refractivity (Wildman–Crippen MR) is 54.6 cm³/mol. The van der Waals surface area contributed by atoms with Crippen LogP contribution in [0.4, 0.5) is 14.6 Å². The lowest BCUT2D eigenvalue weighted by Crippen LogP contribution is -2.23. The van der Waals surface area contributed by atoms with Gasteiger partial charge in [-0.15, -0.1) is 0 Å². The summed E-state index contributed by atoms with van der Waals surface area (Å²) in [5.74, 6) is -0.571. The summed E-state index contributed by atoms with van der Waals surface area (Å²) in [5, 5.41) is 3.03. The average molecular weight is 212 g/mol. The SMILES string of the molecule is CC1CCCC1Nc1ncc(F)cc1F. The van der Waals surface area contributed by atoms with Crippen molar-refractivity contribution in [3.8, 4) is 0 Å². The molecule has 1 heterocycles. The van der Waals surface area contributed by atoms with E-state index in [1.165, 1.54) is 0 Å². The van der Waals surface area contributed by atoms with E-state index in [0.717, 1.165) is 31.5 Å². The molecule has 82 valence electrons. The molecule has 1 aliphatic carbocycles. The van der Waals surface area contributed by atoms with Gasteiger partial charge in [0.15, 0.2) is 11.6 Å². The summed E-state index contributed by atoms with van der Waals surface area (Å²) in [6.45, 7) is 2.13. The maximum absolute atomic E-state index is 13.3. The highest BCUT2D eigenvalue weighted by Crippen LogP contribution is 2.28. The second-order valence-corrected chi connectivity index (χ2v) is 4.14. The number of pyridine rings is 1. The fourth-order valence-electron chi connectivity index (χ4n) is 2.06. The van der Waals surface area contributed by atoms with Crippen molar-refractivity contribution in [1.29, 1.82) is 0 Å². The molecule has 1 aliphatic rings. The van der Waals surface area contributed by atoms with Gasteiger partial charge in [-0.2, -0.15) is 0 Å². The second-order valence-electron chi connectivity index (χ2n) is 4.14. The predicted octanol–water partition coefficient (Wildman–Crippen LogP) is 2.96. The summed E-state index contributed by atoms with van der Waals surface area (Å²) >= 11 is 0. The summed E-state index contributed by atoms with van der Waals surface area (Å²) in [5.41, 5.74) is 0. The minimum absolute atomic E-state index is 0.162. The van der Waals surface area contributed by atoms with E-state index in [0.29, 0.717) is 5.92 Å². The van der Waals surface area contributed by atoms with E-state index in [-0.39, 0.29) is 11.9 Å². The van der Waals surface area contributed by atoms with Gasteiger partial charge >= 0.3 is 0 Å². The van der Waals surface area contributed by atoms with Gasteiger partial charge in [0.1, 0.15) is 5.82 Å². The standard InChI is InChI=1S/C11H14F2N2/c1-7-3-2-4-10(7)15-11-9(13)5-8(12)6-14-11/h5-7,10H,2-4H2,1H3,(H,14,15). The lowest BCUT2D eigenvalue weighted by atomic mass is 10.1. The Kier molecular flexibility index (Phi) is 2.84. The number of nitrogens with zero attached hydrogens (tertiary/aromatic N) is 1. The van der Waals surface area contributed by atoms with Gasteiger partial charge in [-0.1, -0.05) is 13.3 Å². The number of nitrogens with one attached hydrogen (secondary N) is 1. The first-order valence-corrected chi connectivity index (χ1v) is 5.24. The largest absolute Gasteiger partial charge is 0.365 e. The molecule has 0 spiro atoms. The first kappa shape index (κ1) is 10.3. The van der Waals surface area contributed by atoms with Crippen LogP contribution in [0, 0.1) is 17.6 Å². The smallest absolute Gasteiger partial charge is 0.168 e. The Morgan fingerprint density at radius 2 is 2.20 bits per heavy atom. The maximum atomic E-state index is 13.3. The summed E-state index contributed by atoms with van der Waals surface area (Å²) in [7, 11) is 0. The van der Waals surface area contributed by atoms with Gasteiger partial charge in [0.25, 0.3) is 0 Å². The molecule has 2 atom stereocenters. The average Bonchev–Trinajstić information content (AvgIpc) is 2.57. The lowest BCUT2D eigenvalue weighted by Gasteiger charge is -2.17. The molecule has 2 nitrogen and oxygen atoms in total. The number of anilines is 1. The normalized spacial score (nSPS) is 25.5. The first-order chi connectivity index (χ1) is 7.16. The fourth-order valence-corrected chi connectivity index (χ4v) is 2.06. The van der Waals surface area contributed by atoms with E-state index in [1.54, 1.807) is 0 Å². The zero-order chi connectivity index (χ0) is 10.8. The quantitative estimate of drug-likeness (QED) is 0.815. The van der Waals surface area contributed by atoms with Crippen LogP contribution in [-0.4, -0.2) is 11.0 Å². The molecule has 0 radical (unpaired) electrons. The second kappa shape index (κ2) is 4.13. The Hall–Kier alpha value is -1.19. The van der Waals surface area contributed by atoms with Gasteiger partial charge in [-0.25, -0.2) is 13.8 Å². The van der Waals surface area contributed by atoms with Crippen LogP contribution in [0.3, 0.4) is 0 Å². The van der Waals surface area contributed by atoms with Crippen molar-refractivity contribution in [1.82, 2.24) is 4.98 Å². The van der Waals surface area contributed by atoms with Gasteiger partial charge in [0, 0.05) is 12.1 Å². The monoisotopic (exact) mass is 212 g/mol. The Morgan fingerprint density at radius 1 is 1.40 bits per heavy atom. The third-order valence-electron chi connectivity index (χ3n) is 2.99. The molecular formula is C11H14F2N2. The highest BCUT2D eigenvalue weighted by molar-refractivity contribution is 5.37. The highest BCUT2D eigenvalue weighted by Gasteiger charge is 2.24. The number of rotatable bonds is 2. The number of aromatic nitrogens is 1. The molecule has 1 fully saturated rings. The van der Waals surface area contributed by atoms with Crippen molar-refractivity contribution >= 4 is 5.82 Å². The molecular weight excluding hydrogens is 198 g/mol. The van der Waals surface area contributed by atoms with E-state index in [1.807, 2.05) is 0 Å². The molecule has 4 heteroatoms. The first-order valence-electron chi connectivity index (χ1n) is 5.24. The summed E-state index contributed by atoms with van der Waals surface area (Å²) in [6, 6.07) is 1.12. The van der Waals surface area contributed by atoms with Crippen LogP contribution in [0.25, 0.3) is 0 Å². The molecule has 1 aromatic rings. The molecule has 0 bridgehead atoms. The van der Waals surface area contributed by atoms with E-state index >= 15 is 0 Å². The van der Waals surface area contributed by atoms with E-state index < -0.39 is 11.6 Å². The maximum Gasteiger partial charge on any atom is 0.168 e. The van der Waals surface area contributed by atoms with Crippen molar-refractivity contribution in [2.75, 3.05) is 5.32 Å². The molecule has 15 heavy (non-hydrogen) atoms. The number of hydrogen-bond donors (Lipinski definition) is 1. The van der Waals surface area contributed by atoms with Crippen LogP contribution in [0.1, 0.15) is 26.2 Å². The van der Waals surface area contributed by atoms with Gasteiger partial charge < -0.3 is 5.32 Å². The lowest BCUT2D eigenvalue weighted by molar-refractivity contribution is 0.540. The van der Waals surface area contributed by atoms with E-state index in [9.17, 15) is 8.78 Å². The topological polar surface area (TPSA) is 24.9 Å². The van der Waals surface area contributed by atoms with Crippen molar-refractivity contribution < 1.29 is 8.78 Å². The summed E-state index contributed by atoms with van der Waals surface area (Å²) in [4.78, 5) is 3.71. The van der Waals surface area contributed by atoms with Crippen LogP contribution >= 0.6 is 0 Å². The summed E-state index contributed by atoms with van der Waals surface area (Å²) < 4.78 is 25.9. The van der Waals surface area contributed by atoms with Crippen LogP contribution in [-0.2, 0) is 0 Å². The van der Waals surface area contributed by atoms with Gasteiger partial charge in [-0.05, 0) is 18.8 Å². The highest BCUT2D eigenvalue weighted by atomic mass is 19.1. The molecule has 0 aliphatic heterocycles. The molecule has 1 aromatic heterocycles. The van der Waals surface area contributed by atoms with Crippen LogP contribution in [0.5, 0.6) is 0 Å². The van der Waals surface area contributed by atoms with Crippen LogP contribution in [0.2, 0.25) is 0 Å². The molecule has 1 saturated carbocycles. The number of halogens is 2. The third-order valence-corrected chi connectivity index (χ3v) is 2.99. The van der Waals surface area contributed by atoms with Gasteiger partial charge in [0.2, 0.25) is 0 Å². The zero-order valence-corrected chi connectivity index (χ0v) is 8.63. The molecule has 0 saturated heterocycles. The minimum atomic E-state index is -0.641. The summed E-state index contributed by atoms with van der Waals surface area (Å²) in [6.07, 6.45) is 4.37. The Morgan fingerprint density at radius 3 is 2.80 bits per heavy atom. The minimum Gasteiger partial charge on any atom is -0.365 e. The Balaban J connectivity index is 2.10. The number of hydrogen-bond acceptors (Lipinski definition) is 2. The van der Waals surface area contributed by atoms with Crippen molar-refractivity contribution in [2.24, 2.45) is 5.92 Å².